The molecular formula is C17H17N3O2S. The zero-order valence-corrected chi connectivity index (χ0v) is 13.5. The van der Waals surface area contributed by atoms with Crippen LogP contribution in [0.2, 0.25) is 0 Å². The van der Waals surface area contributed by atoms with Crippen LogP contribution in [0.4, 0.5) is 0 Å². The minimum Gasteiger partial charge on any atom is -0.508 e. The number of phenols is 1. The predicted molar refractivity (Wildman–Crippen MR) is 91.4 cm³/mol. The van der Waals surface area contributed by atoms with Gasteiger partial charge < -0.3 is 15.0 Å². The highest BCUT2D eigenvalue weighted by Gasteiger charge is 2.09. The zero-order valence-electron chi connectivity index (χ0n) is 12.7. The number of aryl methyl sites for hydroxylation is 1. The summed E-state index contributed by atoms with van der Waals surface area (Å²) in [5, 5.41) is 12.1. The quantitative estimate of drug-likeness (QED) is 0.707. The number of hydrogen-bond acceptors (Lipinski definition) is 4. The van der Waals surface area contributed by atoms with E-state index in [1.807, 2.05) is 35.9 Å². The van der Waals surface area contributed by atoms with E-state index in [1.54, 1.807) is 24.3 Å². The first-order chi connectivity index (χ1) is 11.1. The average Bonchev–Trinajstić information content (AvgIpc) is 2.89. The van der Waals surface area contributed by atoms with Gasteiger partial charge in [0.25, 0.3) is 0 Å². The van der Waals surface area contributed by atoms with Crippen LogP contribution in [0.1, 0.15) is 5.82 Å². The third-order valence-corrected chi connectivity index (χ3v) is 4.54. The van der Waals surface area contributed by atoms with E-state index in [2.05, 4.69) is 10.3 Å². The SMILES string of the molecule is Cn1c(CNC(=O)CSc2ccc(O)cc2)nc2ccccc21. The number of amides is 1. The second-order valence-electron chi connectivity index (χ2n) is 5.14. The molecule has 0 saturated carbocycles. The Bertz CT molecular complexity index is 827. The molecule has 0 fully saturated rings. The van der Waals surface area contributed by atoms with Crippen molar-refractivity contribution in [2.24, 2.45) is 7.05 Å². The first-order valence-electron chi connectivity index (χ1n) is 7.22. The van der Waals surface area contributed by atoms with Gasteiger partial charge in [0.15, 0.2) is 0 Å². The molecule has 1 aromatic heterocycles. The number of carbonyl (C=O) groups is 1. The summed E-state index contributed by atoms with van der Waals surface area (Å²) in [7, 11) is 1.95. The van der Waals surface area contributed by atoms with Crippen molar-refractivity contribution in [3.63, 3.8) is 0 Å². The molecule has 23 heavy (non-hydrogen) atoms. The Morgan fingerprint density at radius 1 is 1.22 bits per heavy atom. The number of imidazole rings is 1. The lowest BCUT2D eigenvalue weighted by molar-refractivity contribution is -0.118. The molecule has 0 spiro atoms. The minimum atomic E-state index is -0.0462. The number of phenolic OH excluding ortho intramolecular Hbond substituents is 1. The number of hydrogen-bond donors (Lipinski definition) is 2. The molecule has 0 bridgehead atoms. The smallest absolute Gasteiger partial charge is 0.230 e. The van der Waals surface area contributed by atoms with Crippen LogP contribution in [0.25, 0.3) is 11.0 Å². The highest BCUT2D eigenvalue weighted by Crippen LogP contribution is 2.20. The fraction of sp³-hybridized carbons (Fsp3) is 0.176. The van der Waals surface area contributed by atoms with Gasteiger partial charge in [-0.1, -0.05) is 12.1 Å². The minimum absolute atomic E-state index is 0.0462. The van der Waals surface area contributed by atoms with Crippen molar-refractivity contribution >= 4 is 28.7 Å². The largest absolute Gasteiger partial charge is 0.508 e. The lowest BCUT2D eigenvalue weighted by Gasteiger charge is -2.06. The zero-order chi connectivity index (χ0) is 16.2. The first kappa shape index (κ1) is 15.4. The topological polar surface area (TPSA) is 67.2 Å². The number of aromatic hydroxyl groups is 1. The van der Waals surface area contributed by atoms with Gasteiger partial charge in [-0.25, -0.2) is 4.98 Å². The summed E-state index contributed by atoms with van der Waals surface area (Å²) < 4.78 is 1.99. The van der Waals surface area contributed by atoms with Crippen LogP contribution in [-0.4, -0.2) is 26.3 Å². The average molecular weight is 327 g/mol. The molecule has 118 valence electrons. The third-order valence-electron chi connectivity index (χ3n) is 3.53. The lowest BCUT2D eigenvalue weighted by Crippen LogP contribution is -2.26. The maximum Gasteiger partial charge on any atom is 0.230 e. The molecule has 0 radical (unpaired) electrons. The Labute approximate surface area is 138 Å². The van der Waals surface area contributed by atoms with Crippen molar-refractivity contribution in [2.75, 3.05) is 5.75 Å². The van der Waals surface area contributed by atoms with Crippen LogP contribution in [-0.2, 0) is 18.4 Å². The molecule has 0 unspecified atom stereocenters. The van der Waals surface area contributed by atoms with Gasteiger partial charge in [-0.15, -0.1) is 11.8 Å². The number of thioether (sulfide) groups is 1. The summed E-state index contributed by atoms with van der Waals surface area (Å²) >= 11 is 1.43. The highest BCUT2D eigenvalue weighted by molar-refractivity contribution is 8.00. The van der Waals surface area contributed by atoms with Gasteiger partial charge in [0, 0.05) is 11.9 Å². The molecule has 2 N–H and O–H groups in total. The monoisotopic (exact) mass is 327 g/mol. The van der Waals surface area contributed by atoms with Gasteiger partial charge in [0.2, 0.25) is 5.91 Å². The molecule has 1 amide bonds. The molecule has 0 atom stereocenters. The summed E-state index contributed by atoms with van der Waals surface area (Å²) in [6.07, 6.45) is 0. The van der Waals surface area contributed by atoms with Crippen molar-refractivity contribution in [2.45, 2.75) is 11.4 Å². The van der Waals surface area contributed by atoms with Crippen LogP contribution in [0.15, 0.2) is 53.4 Å². The van der Waals surface area contributed by atoms with E-state index in [9.17, 15) is 9.90 Å². The molecule has 0 aliphatic carbocycles. The summed E-state index contributed by atoms with van der Waals surface area (Å²) in [6.45, 7) is 0.403. The van der Waals surface area contributed by atoms with E-state index < -0.39 is 0 Å². The van der Waals surface area contributed by atoms with Gasteiger partial charge in [0.1, 0.15) is 11.6 Å². The first-order valence-corrected chi connectivity index (χ1v) is 8.21. The fourth-order valence-electron chi connectivity index (χ4n) is 2.27. The Morgan fingerprint density at radius 3 is 2.70 bits per heavy atom. The van der Waals surface area contributed by atoms with Crippen LogP contribution >= 0.6 is 11.8 Å². The number of carbonyl (C=O) groups excluding carboxylic acids is 1. The molecule has 6 heteroatoms. The lowest BCUT2D eigenvalue weighted by atomic mass is 10.3. The van der Waals surface area contributed by atoms with Gasteiger partial charge in [-0.3, -0.25) is 4.79 Å². The van der Waals surface area contributed by atoms with Gasteiger partial charge >= 0.3 is 0 Å². The normalized spacial score (nSPS) is 10.8. The Kier molecular flexibility index (Phi) is 4.52. The number of rotatable bonds is 5. The van der Waals surface area contributed by atoms with Crippen molar-refractivity contribution in [3.05, 3.63) is 54.4 Å². The number of nitrogens with one attached hydrogen (secondary N) is 1. The van der Waals surface area contributed by atoms with E-state index in [-0.39, 0.29) is 11.7 Å². The molecule has 1 heterocycles. The molecule has 2 aromatic carbocycles. The summed E-state index contributed by atoms with van der Waals surface area (Å²) in [6, 6.07) is 14.7. The molecule has 3 aromatic rings. The van der Waals surface area contributed by atoms with Crippen LogP contribution in [0.3, 0.4) is 0 Å². The Hall–Kier alpha value is -2.47. The van der Waals surface area contributed by atoms with Gasteiger partial charge in [0.05, 0.1) is 23.3 Å². The highest BCUT2D eigenvalue weighted by atomic mass is 32.2. The van der Waals surface area contributed by atoms with Crippen LogP contribution < -0.4 is 5.32 Å². The summed E-state index contributed by atoms with van der Waals surface area (Å²) in [5.41, 5.74) is 1.98. The number of fused-ring (bicyclic) bond motifs is 1. The van der Waals surface area contributed by atoms with E-state index >= 15 is 0 Å². The van der Waals surface area contributed by atoms with Crippen molar-refractivity contribution in [1.82, 2.24) is 14.9 Å². The maximum absolute atomic E-state index is 12.0. The standard InChI is InChI=1S/C17H17N3O2S/c1-20-15-5-3-2-4-14(15)19-16(20)10-18-17(22)11-23-13-8-6-12(21)7-9-13/h2-9,21H,10-11H2,1H3,(H,18,22). The Morgan fingerprint density at radius 2 is 1.96 bits per heavy atom. The van der Waals surface area contributed by atoms with Crippen molar-refractivity contribution in [1.29, 1.82) is 0 Å². The molecule has 0 saturated heterocycles. The number of benzene rings is 2. The molecular weight excluding hydrogens is 310 g/mol. The molecule has 5 nitrogen and oxygen atoms in total. The maximum atomic E-state index is 12.0. The van der Waals surface area contributed by atoms with E-state index in [4.69, 9.17) is 0 Å². The second kappa shape index (κ2) is 6.75. The van der Waals surface area contributed by atoms with E-state index in [0.29, 0.717) is 12.3 Å². The van der Waals surface area contributed by atoms with Crippen LogP contribution in [0, 0.1) is 0 Å². The van der Waals surface area contributed by atoms with E-state index in [0.717, 1.165) is 21.8 Å². The molecule has 3 rings (SSSR count). The second-order valence-corrected chi connectivity index (χ2v) is 6.18. The fourth-order valence-corrected chi connectivity index (χ4v) is 3.00. The molecule has 0 aliphatic rings. The van der Waals surface area contributed by atoms with Gasteiger partial charge in [-0.05, 0) is 36.4 Å². The van der Waals surface area contributed by atoms with Crippen molar-refractivity contribution < 1.29 is 9.90 Å². The predicted octanol–water partition coefficient (Wildman–Crippen LogP) is 2.69. The number of nitrogens with zero attached hydrogens (tertiary/aromatic N) is 2. The number of para-hydroxylation sites is 2. The third kappa shape index (κ3) is 3.65. The Balaban J connectivity index is 1.55. The summed E-state index contributed by atoms with van der Waals surface area (Å²) in [4.78, 5) is 17.4. The van der Waals surface area contributed by atoms with Crippen molar-refractivity contribution in [3.8, 4) is 5.75 Å². The van der Waals surface area contributed by atoms with Gasteiger partial charge in [-0.2, -0.15) is 0 Å². The van der Waals surface area contributed by atoms with E-state index in [1.165, 1.54) is 11.8 Å². The number of aromatic nitrogens is 2. The molecule has 0 aliphatic heterocycles. The van der Waals surface area contributed by atoms with Crippen LogP contribution in [0.5, 0.6) is 5.75 Å². The summed E-state index contributed by atoms with van der Waals surface area (Å²) in [5.74, 6) is 1.33.